The lowest BCUT2D eigenvalue weighted by Gasteiger charge is -2.33. The van der Waals surface area contributed by atoms with Gasteiger partial charge in [-0.05, 0) is 35.4 Å². The number of rotatable bonds is 4. The fourth-order valence-electron chi connectivity index (χ4n) is 5.73. The second-order valence-electron chi connectivity index (χ2n) is 9.22. The molecule has 2 amide bonds. The van der Waals surface area contributed by atoms with Crippen LogP contribution in [0.2, 0.25) is 0 Å². The maximum atomic E-state index is 14.2. The van der Waals surface area contributed by atoms with E-state index in [1.165, 1.54) is 19.2 Å². The van der Waals surface area contributed by atoms with Crippen LogP contribution in [0, 0.1) is 11.8 Å². The van der Waals surface area contributed by atoms with Crippen LogP contribution in [0.4, 0.5) is 5.69 Å². The van der Waals surface area contributed by atoms with Gasteiger partial charge in [0.05, 0.1) is 24.6 Å². The summed E-state index contributed by atoms with van der Waals surface area (Å²) < 4.78 is 16.5. The van der Waals surface area contributed by atoms with Crippen molar-refractivity contribution in [1.29, 1.82) is 0 Å². The molecule has 0 aliphatic carbocycles. The molecule has 0 unspecified atom stereocenters. The number of hydrogen-bond acceptors (Lipinski definition) is 8. The molecule has 0 aromatic heterocycles. The lowest BCUT2D eigenvalue weighted by molar-refractivity contribution is -0.152. The number of phenols is 1. The Bertz CT molecular complexity index is 1390. The lowest BCUT2D eigenvalue weighted by Crippen LogP contribution is -2.53. The first kappa shape index (κ1) is 23.1. The van der Waals surface area contributed by atoms with E-state index in [1.807, 2.05) is 6.07 Å². The van der Waals surface area contributed by atoms with Crippen molar-refractivity contribution >= 4 is 23.5 Å². The van der Waals surface area contributed by atoms with E-state index in [0.29, 0.717) is 41.5 Å². The van der Waals surface area contributed by atoms with Gasteiger partial charge in [-0.15, -0.1) is 0 Å². The summed E-state index contributed by atoms with van der Waals surface area (Å²) in [5, 5.41) is 13.2. The Hall–Kier alpha value is -4.37. The number of amides is 2. The van der Waals surface area contributed by atoms with Gasteiger partial charge in [0.25, 0.3) is 0 Å². The second kappa shape index (κ2) is 8.63. The molecule has 2 fully saturated rings. The summed E-state index contributed by atoms with van der Waals surface area (Å²) in [7, 11) is 1.26. The van der Waals surface area contributed by atoms with Crippen molar-refractivity contribution in [3.05, 3.63) is 83.9 Å². The van der Waals surface area contributed by atoms with E-state index in [4.69, 9.17) is 14.2 Å². The molecule has 0 saturated carbocycles. The number of carbonyl (C=O) groups excluding carboxylic acids is 3. The summed E-state index contributed by atoms with van der Waals surface area (Å²) in [4.78, 5) is 42.9. The van der Waals surface area contributed by atoms with Crippen LogP contribution in [0.1, 0.15) is 17.2 Å². The van der Waals surface area contributed by atoms with E-state index in [0.717, 1.165) is 4.90 Å². The smallest absolute Gasteiger partial charge is 0.331 e. The molecule has 3 heterocycles. The molecule has 188 valence electrons. The number of esters is 1. The highest BCUT2D eigenvalue weighted by molar-refractivity contribution is 6.24. The summed E-state index contributed by atoms with van der Waals surface area (Å²) in [5.41, 5.74) is -0.105. The number of carbonyl (C=O) groups is 3. The van der Waals surface area contributed by atoms with Crippen LogP contribution >= 0.6 is 0 Å². The highest BCUT2D eigenvalue weighted by Crippen LogP contribution is 2.54. The van der Waals surface area contributed by atoms with Crippen molar-refractivity contribution < 1.29 is 33.7 Å². The normalized spacial score (nSPS) is 26.2. The molecule has 3 aromatic carbocycles. The fraction of sp³-hybridized carbons (Fsp3) is 0.250. The van der Waals surface area contributed by atoms with Gasteiger partial charge in [-0.1, -0.05) is 42.5 Å². The third-order valence-electron chi connectivity index (χ3n) is 7.33. The first-order valence-electron chi connectivity index (χ1n) is 11.9. The fourth-order valence-corrected chi connectivity index (χ4v) is 5.73. The molecule has 2 N–H and O–H groups in total. The third-order valence-corrected chi connectivity index (χ3v) is 7.33. The summed E-state index contributed by atoms with van der Waals surface area (Å²) in [6.07, 6.45) is 0. The molecular formula is C28H24N2O7. The van der Waals surface area contributed by atoms with Crippen LogP contribution in [0.15, 0.2) is 72.8 Å². The van der Waals surface area contributed by atoms with Gasteiger partial charge in [-0.25, -0.2) is 9.69 Å². The van der Waals surface area contributed by atoms with Crippen LogP contribution in [-0.4, -0.2) is 43.2 Å². The molecule has 6 rings (SSSR count). The van der Waals surface area contributed by atoms with Crippen molar-refractivity contribution in [3.8, 4) is 17.2 Å². The SMILES string of the molecule is COC(=O)[C@]1(c2ccccc2)N[C@H](c2ccc(O)cc2)[C@H]2C(=O)N(c3ccc4c(c3)OCCO4)C(=O)[C@@H]21. The van der Waals surface area contributed by atoms with Gasteiger partial charge in [0.1, 0.15) is 19.0 Å². The van der Waals surface area contributed by atoms with Gasteiger partial charge in [0.15, 0.2) is 17.0 Å². The van der Waals surface area contributed by atoms with Crippen molar-refractivity contribution in [2.45, 2.75) is 11.6 Å². The van der Waals surface area contributed by atoms with E-state index in [2.05, 4.69) is 5.32 Å². The molecule has 9 heteroatoms. The van der Waals surface area contributed by atoms with E-state index in [9.17, 15) is 19.5 Å². The predicted octanol–water partition coefficient (Wildman–Crippen LogP) is 2.68. The van der Waals surface area contributed by atoms with Crippen LogP contribution in [-0.2, 0) is 24.7 Å². The largest absolute Gasteiger partial charge is 0.508 e. The standard InChI is InChI=1S/C28H24N2O7/c1-35-27(34)28(17-5-3-2-4-6-17)23-22(24(29-28)16-7-10-19(31)11-8-16)25(32)30(26(23)33)18-9-12-20-21(15-18)37-14-13-36-20/h2-12,15,22-24,29,31H,13-14H2,1H3/t22-,23+,24+,28+/m0/s1. The first-order valence-corrected chi connectivity index (χ1v) is 11.9. The van der Waals surface area contributed by atoms with Crippen LogP contribution < -0.4 is 19.7 Å². The summed E-state index contributed by atoms with van der Waals surface area (Å²) in [5.74, 6) is -2.59. The Labute approximate surface area is 212 Å². The number of aromatic hydroxyl groups is 1. The van der Waals surface area contributed by atoms with Gasteiger partial charge < -0.3 is 19.3 Å². The number of nitrogens with zero attached hydrogens (tertiary/aromatic N) is 1. The number of ether oxygens (including phenoxy) is 3. The monoisotopic (exact) mass is 500 g/mol. The Balaban J connectivity index is 1.52. The van der Waals surface area contributed by atoms with E-state index < -0.39 is 41.2 Å². The van der Waals surface area contributed by atoms with Gasteiger partial charge in [0.2, 0.25) is 11.8 Å². The predicted molar refractivity (Wildman–Crippen MR) is 131 cm³/mol. The Kier molecular flexibility index (Phi) is 5.38. The molecular weight excluding hydrogens is 476 g/mol. The third kappa shape index (κ3) is 3.38. The van der Waals surface area contributed by atoms with E-state index >= 15 is 0 Å². The maximum Gasteiger partial charge on any atom is 0.331 e. The number of phenolic OH excluding ortho intramolecular Hbond substituents is 1. The van der Waals surface area contributed by atoms with Gasteiger partial charge in [-0.3, -0.25) is 14.9 Å². The number of methoxy groups -OCH3 is 1. The van der Waals surface area contributed by atoms with Crippen LogP contribution in [0.5, 0.6) is 17.2 Å². The summed E-state index contributed by atoms with van der Waals surface area (Å²) >= 11 is 0. The minimum Gasteiger partial charge on any atom is -0.508 e. The zero-order valence-electron chi connectivity index (χ0n) is 19.9. The lowest BCUT2D eigenvalue weighted by atomic mass is 9.75. The van der Waals surface area contributed by atoms with Gasteiger partial charge in [0, 0.05) is 12.1 Å². The molecule has 3 aliphatic rings. The second-order valence-corrected chi connectivity index (χ2v) is 9.22. The number of hydrogen-bond donors (Lipinski definition) is 2. The number of nitrogens with one attached hydrogen (secondary N) is 1. The molecule has 2 saturated heterocycles. The van der Waals surface area contributed by atoms with Crippen molar-refractivity contribution in [2.24, 2.45) is 11.8 Å². The van der Waals surface area contributed by atoms with E-state index in [-0.39, 0.29) is 5.75 Å². The van der Waals surface area contributed by atoms with Crippen LogP contribution in [0.3, 0.4) is 0 Å². The average molecular weight is 501 g/mol. The highest BCUT2D eigenvalue weighted by Gasteiger charge is 2.69. The van der Waals surface area contributed by atoms with Crippen molar-refractivity contribution in [2.75, 3.05) is 25.2 Å². The Morgan fingerprint density at radius 3 is 2.38 bits per heavy atom. The summed E-state index contributed by atoms with van der Waals surface area (Å²) in [6, 6.07) is 19.4. The molecule has 3 aliphatic heterocycles. The van der Waals surface area contributed by atoms with Crippen molar-refractivity contribution in [1.82, 2.24) is 5.32 Å². The molecule has 0 bridgehead atoms. The zero-order valence-corrected chi connectivity index (χ0v) is 19.9. The minimum atomic E-state index is -1.61. The van der Waals surface area contributed by atoms with Crippen LogP contribution in [0.25, 0.3) is 0 Å². The number of anilines is 1. The number of imide groups is 1. The number of fused-ring (bicyclic) bond motifs is 2. The molecule has 3 aromatic rings. The van der Waals surface area contributed by atoms with Crippen molar-refractivity contribution in [3.63, 3.8) is 0 Å². The molecule has 0 spiro atoms. The Morgan fingerprint density at radius 2 is 1.68 bits per heavy atom. The van der Waals surface area contributed by atoms with Gasteiger partial charge in [-0.2, -0.15) is 0 Å². The zero-order chi connectivity index (χ0) is 25.7. The maximum absolute atomic E-state index is 14.2. The van der Waals surface area contributed by atoms with Gasteiger partial charge >= 0.3 is 5.97 Å². The highest BCUT2D eigenvalue weighted by atomic mass is 16.6. The molecule has 0 radical (unpaired) electrons. The molecule has 37 heavy (non-hydrogen) atoms. The number of benzene rings is 3. The molecule has 9 nitrogen and oxygen atoms in total. The quantitative estimate of drug-likeness (QED) is 0.415. The minimum absolute atomic E-state index is 0.0623. The summed E-state index contributed by atoms with van der Waals surface area (Å²) in [6.45, 7) is 0.771. The topological polar surface area (TPSA) is 114 Å². The first-order chi connectivity index (χ1) is 18.0. The Morgan fingerprint density at radius 1 is 0.973 bits per heavy atom. The molecule has 4 atom stereocenters. The van der Waals surface area contributed by atoms with E-state index in [1.54, 1.807) is 54.6 Å². The average Bonchev–Trinajstić information content (AvgIpc) is 3.43.